The number of nitrogens with one attached hydrogen (secondary N) is 2. The topological polar surface area (TPSA) is 81.1 Å². The van der Waals surface area contributed by atoms with E-state index in [9.17, 15) is 31.1 Å². The SMILES string of the molecule is COc1ccc(-c2nn(-c3ccc(NC(=O)Nc4cc(C(F)(F)F)cc(C(F)(F)F)c4)cc3)cc2-c2ccncc2)cc1Cl. The molecular weight excluding hydrogens is 612 g/mol. The fourth-order valence-electron chi connectivity index (χ4n) is 4.29. The molecule has 0 fully saturated rings. The van der Waals surface area contributed by atoms with Gasteiger partial charge in [0.25, 0.3) is 0 Å². The van der Waals surface area contributed by atoms with Gasteiger partial charge in [-0.2, -0.15) is 31.4 Å². The Kier molecular flexibility index (Phi) is 8.24. The van der Waals surface area contributed by atoms with Crippen LogP contribution in [0.1, 0.15) is 11.1 Å². The van der Waals surface area contributed by atoms with Crippen LogP contribution in [0.2, 0.25) is 5.02 Å². The van der Waals surface area contributed by atoms with Crippen molar-refractivity contribution in [2.75, 3.05) is 17.7 Å². The molecule has 0 spiro atoms. The number of carbonyl (C=O) groups excluding carboxylic acids is 1. The molecule has 2 N–H and O–H groups in total. The molecule has 0 aliphatic heterocycles. The number of pyridine rings is 1. The average molecular weight is 632 g/mol. The lowest BCUT2D eigenvalue weighted by Gasteiger charge is -2.15. The quantitative estimate of drug-likeness (QED) is 0.183. The molecular formula is C30H20ClF6N5O2. The zero-order valence-corrected chi connectivity index (χ0v) is 23.2. The number of urea groups is 1. The normalized spacial score (nSPS) is 11.7. The summed E-state index contributed by atoms with van der Waals surface area (Å²) < 4.78 is 85.7. The molecule has 0 atom stereocenters. The molecule has 0 saturated carbocycles. The number of rotatable bonds is 6. The lowest BCUT2D eigenvalue weighted by molar-refractivity contribution is -0.143. The standard InChI is InChI=1S/C30H20ClF6N5O2/c1-44-26-7-2-18(12-25(26)31)27-24(17-8-10-38-11-9-17)16-42(41-27)23-5-3-21(4-6-23)39-28(43)40-22-14-19(29(32,33)34)13-20(15-22)30(35,36)37/h2-16H,1H3,(H2,39,40,43). The fourth-order valence-corrected chi connectivity index (χ4v) is 4.55. The van der Waals surface area contributed by atoms with Gasteiger partial charge in [-0.3, -0.25) is 4.98 Å². The highest BCUT2D eigenvalue weighted by atomic mass is 35.5. The highest BCUT2D eigenvalue weighted by Crippen LogP contribution is 2.38. The molecule has 0 aliphatic rings. The first-order valence-corrected chi connectivity index (χ1v) is 13.0. The number of aromatic nitrogens is 3. The van der Waals surface area contributed by atoms with Gasteiger partial charge < -0.3 is 15.4 Å². The summed E-state index contributed by atoms with van der Waals surface area (Å²) in [5.41, 5.74) is -0.0141. The van der Waals surface area contributed by atoms with E-state index in [-0.39, 0.29) is 11.8 Å². The second-order valence-electron chi connectivity index (χ2n) is 9.34. The van der Waals surface area contributed by atoms with Crippen molar-refractivity contribution in [2.45, 2.75) is 12.4 Å². The average Bonchev–Trinajstić information content (AvgIpc) is 3.42. The van der Waals surface area contributed by atoms with Crippen LogP contribution in [0.25, 0.3) is 28.1 Å². The Balaban J connectivity index is 1.39. The highest BCUT2D eigenvalue weighted by Gasteiger charge is 2.37. The number of alkyl halides is 6. The van der Waals surface area contributed by atoms with E-state index in [2.05, 4.69) is 10.3 Å². The molecule has 7 nitrogen and oxygen atoms in total. The molecule has 44 heavy (non-hydrogen) atoms. The Morgan fingerprint density at radius 3 is 1.98 bits per heavy atom. The molecule has 0 bridgehead atoms. The van der Waals surface area contributed by atoms with E-state index in [1.807, 2.05) is 23.5 Å². The second-order valence-corrected chi connectivity index (χ2v) is 9.75. The number of methoxy groups -OCH3 is 1. The van der Waals surface area contributed by atoms with Crippen LogP contribution in [0.4, 0.5) is 42.5 Å². The fraction of sp³-hybridized carbons (Fsp3) is 0.100. The molecule has 2 heterocycles. The zero-order valence-electron chi connectivity index (χ0n) is 22.5. The first-order chi connectivity index (χ1) is 20.8. The minimum Gasteiger partial charge on any atom is -0.495 e. The van der Waals surface area contributed by atoms with Crippen molar-refractivity contribution < 1.29 is 35.9 Å². The Morgan fingerprint density at radius 1 is 0.795 bits per heavy atom. The predicted octanol–water partition coefficient (Wildman–Crippen LogP) is 8.94. The maximum atomic E-state index is 13.1. The molecule has 5 aromatic rings. The van der Waals surface area contributed by atoms with Gasteiger partial charge in [0, 0.05) is 41.1 Å². The summed E-state index contributed by atoms with van der Waals surface area (Å²) in [5.74, 6) is 0.501. The molecule has 14 heteroatoms. The first kappa shape index (κ1) is 30.4. The monoisotopic (exact) mass is 631 g/mol. The summed E-state index contributed by atoms with van der Waals surface area (Å²) in [4.78, 5) is 16.5. The highest BCUT2D eigenvalue weighted by molar-refractivity contribution is 6.32. The molecule has 226 valence electrons. The molecule has 2 amide bonds. The summed E-state index contributed by atoms with van der Waals surface area (Å²) in [5, 5.41) is 9.56. The van der Waals surface area contributed by atoms with Crippen molar-refractivity contribution in [3.05, 3.63) is 108 Å². The largest absolute Gasteiger partial charge is 0.495 e. The third kappa shape index (κ3) is 6.78. The van der Waals surface area contributed by atoms with Crippen molar-refractivity contribution in [1.29, 1.82) is 0 Å². The van der Waals surface area contributed by atoms with E-state index in [4.69, 9.17) is 21.4 Å². The van der Waals surface area contributed by atoms with Crippen LogP contribution in [0, 0.1) is 0 Å². The van der Waals surface area contributed by atoms with E-state index < -0.39 is 35.2 Å². The van der Waals surface area contributed by atoms with Crippen LogP contribution in [-0.2, 0) is 12.4 Å². The number of benzene rings is 3. The Labute approximate surface area is 251 Å². The van der Waals surface area contributed by atoms with E-state index in [0.717, 1.165) is 16.7 Å². The number of hydrogen-bond acceptors (Lipinski definition) is 4. The lowest BCUT2D eigenvalue weighted by atomic mass is 10.0. The maximum absolute atomic E-state index is 13.1. The smallest absolute Gasteiger partial charge is 0.416 e. The van der Waals surface area contributed by atoms with Crippen LogP contribution in [0.15, 0.2) is 91.4 Å². The van der Waals surface area contributed by atoms with Crippen LogP contribution < -0.4 is 15.4 Å². The van der Waals surface area contributed by atoms with Crippen molar-refractivity contribution in [1.82, 2.24) is 14.8 Å². The summed E-state index contributed by atoms with van der Waals surface area (Å²) >= 11 is 6.36. The van der Waals surface area contributed by atoms with Crippen molar-refractivity contribution in [3.8, 4) is 33.8 Å². The Hall–Kier alpha value is -5.04. The lowest BCUT2D eigenvalue weighted by Crippen LogP contribution is -2.20. The third-order valence-corrected chi connectivity index (χ3v) is 6.66. The molecule has 5 rings (SSSR count). The predicted molar refractivity (Wildman–Crippen MR) is 153 cm³/mol. The number of halogens is 7. The van der Waals surface area contributed by atoms with Gasteiger partial charge >= 0.3 is 18.4 Å². The summed E-state index contributed by atoms with van der Waals surface area (Å²) in [6.45, 7) is 0. The molecule has 0 aliphatic carbocycles. The minimum absolute atomic E-state index is 0.0220. The summed E-state index contributed by atoms with van der Waals surface area (Å²) in [6.07, 6.45) is -5.01. The number of anilines is 2. The Morgan fingerprint density at radius 2 is 1.41 bits per heavy atom. The molecule has 0 saturated heterocycles. The van der Waals surface area contributed by atoms with E-state index in [1.165, 1.54) is 19.2 Å². The number of hydrogen-bond donors (Lipinski definition) is 2. The molecule has 0 unspecified atom stereocenters. The number of amides is 2. The number of nitrogens with zero attached hydrogens (tertiary/aromatic N) is 3. The van der Waals surface area contributed by atoms with Gasteiger partial charge in [0.1, 0.15) is 11.4 Å². The van der Waals surface area contributed by atoms with Crippen LogP contribution >= 0.6 is 11.6 Å². The van der Waals surface area contributed by atoms with Crippen molar-refractivity contribution in [2.24, 2.45) is 0 Å². The molecule has 0 radical (unpaired) electrons. The Bertz CT molecular complexity index is 1770. The van der Waals surface area contributed by atoms with Crippen molar-refractivity contribution >= 4 is 29.0 Å². The van der Waals surface area contributed by atoms with Gasteiger partial charge in [-0.25, -0.2) is 9.48 Å². The number of carbonyl (C=O) groups is 1. The van der Waals surface area contributed by atoms with Crippen molar-refractivity contribution in [3.63, 3.8) is 0 Å². The van der Waals surface area contributed by atoms with Gasteiger partial charge in [-0.15, -0.1) is 0 Å². The van der Waals surface area contributed by atoms with Gasteiger partial charge in [-0.1, -0.05) is 11.6 Å². The summed E-state index contributed by atoms with van der Waals surface area (Å²) in [7, 11) is 1.51. The van der Waals surface area contributed by atoms with Crippen LogP contribution in [-0.4, -0.2) is 27.9 Å². The second kappa shape index (κ2) is 11.9. The minimum atomic E-state index is -5.05. The third-order valence-electron chi connectivity index (χ3n) is 6.37. The van der Waals surface area contributed by atoms with E-state index >= 15 is 0 Å². The number of ether oxygens (including phenoxy) is 1. The van der Waals surface area contributed by atoms with Gasteiger partial charge in [-0.05, 0) is 78.4 Å². The van der Waals surface area contributed by atoms with Gasteiger partial charge in [0.05, 0.1) is 28.9 Å². The van der Waals surface area contributed by atoms with E-state index in [1.54, 1.807) is 47.5 Å². The maximum Gasteiger partial charge on any atom is 0.416 e. The van der Waals surface area contributed by atoms with E-state index in [0.29, 0.717) is 34.3 Å². The molecule has 3 aromatic carbocycles. The summed E-state index contributed by atoms with van der Waals surface area (Å²) in [6, 6.07) is 14.9. The molecule has 2 aromatic heterocycles. The first-order valence-electron chi connectivity index (χ1n) is 12.6. The van der Waals surface area contributed by atoms with Crippen LogP contribution in [0.3, 0.4) is 0 Å². The zero-order chi connectivity index (χ0) is 31.6. The van der Waals surface area contributed by atoms with Gasteiger partial charge in [0.2, 0.25) is 0 Å². The van der Waals surface area contributed by atoms with Crippen LogP contribution in [0.5, 0.6) is 5.75 Å². The van der Waals surface area contributed by atoms with Gasteiger partial charge in [0.15, 0.2) is 0 Å².